The topological polar surface area (TPSA) is 61.3 Å². The lowest BCUT2D eigenvalue weighted by Crippen LogP contribution is -2.36. The summed E-state index contributed by atoms with van der Waals surface area (Å²) in [5, 5.41) is 0. The van der Waals surface area contributed by atoms with Crippen molar-refractivity contribution in [1.29, 1.82) is 0 Å². The third kappa shape index (κ3) is 2.48. The molecule has 2 N–H and O–H groups in total. The van der Waals surface area contributed by atoms with Gasteiger partial charge in [-0.3, -0.25) is 0 Å². The summed E-state index contributed by atoms with van der Waals surface area (Å²) in [6.45, 7) is 6.34. The lowest BCUT2D eigenvalue weighted by molar-refractivity contribution is 0.303. The third-order valence-corrected chi connectivity index (χ3v) is 3.15. The Kier molecular flexibility index (Phi) is 3.30. The fraction of sp³-hybridized carbons (Fsp3) is 0.500. The Morgan fingerprint density at radius 2 is 2.11 bits per heavy atom. The van der Waals surface area contributed by atoms with E-state index in [0.29, 0.717) is 12.3 Å². The molecular formula is C14H20N2O2. The first-order valence-corrected chi connectivity index (χ1v) is 6.10. The van der Waals surface area contributed by atoms with Crippen molar-refractivity contribution in [2.45, 2.75) is 33.2 Å². The van der Waals surface area contributed by atoms with Crippen molar-refractivity contribution >= 4 is 11.1 Å². The lowest BCUT2D eigenvalue weighted by atomic mass is 9.85. The number of benzene rings is 1. The number of aromatic nitrogens is 1. The van der Waals surface area contributed by atoms with Gasteiger partial charge < -0.3 is 14.9 Å². The number of rotatable bonds is 3. The molecule has 2 rings (SSSR count). The lowest BCUT2D eigenvalue weighted by Gasteiger charge is -2.25. The average Bonchev–Trinajstić information content (AvgIpc) is 2.69. The van der Waals surface area contributed by atoms with Crippen molar-refractivity contribution in [2.24, 2.45) is 11.1 Å². The van der Waals surface area contributed by atoms with Gasteiger partial charge in [-0.05, 0) is 17.5 Å². The molecule has 0 fully saturated rings. The number of hydrogen-bond acceptors (Lipinski definition) is 4. The molecule has 1 atom stereocenters. The predicted octanol–water partition coefficient (Wildman–Crippen LogP) is 2.75. The van der Waals surface area contributed by atoms with E-state index in [4.69, 9.17) is 14.9 Å². The van der Waals surface area contributed by atoms with Gasteiger partial charge in [-0.2, -0.15) is 0 Å². The van der Waals surface area contributed by atoms with Gasteiger partial charge in [0.25, 0.3) is 0 Å². The Morgan fingerprint density at radius 1 is 1.39 bits per heavy atom. The van der Waals surface area contributed by atoms with E-state index in [1.807, 2.05) is 18.2 Å². The number of nitrogens with zero attached hydrogens (tertiary/aromatic N) is 1. The van der Waals surface area contributed by atoms with Crippen molar-refractivity contribution in [2.75, 3.05) is 7.11 Å². The Balaban J connectivity index is 2.31. The second-order valence-electron chi connectivity index (χ2n) is 5.59. The number of hydrogen-bond donors (Lipinski definition) is 1. The molecule has 98 valence electrons. The highest BCUT2D eigenvalue weighted by Crippen LogP contribution is 2.27. The minimum atomic E-state index is 0.0107. The molecule has 0 amide bonds. The minimum absolute atomic E-state index is 0.0107. The first kappa shape index (κ1) is 12.9. The van der Waals surface area contributed by atoms with E-state index in [0.717, 1.165) is 16.8 Å². The molecule has 4 heteroatoms. The maximum Gasteiger partial charge on any atom is 0.197 e. The monoisotopic (exact) mass is 248 g/mol. The van der Waals surface area contributed by atoms with Gasteiger partial charge in [0, 0.05) is 12.5 Å². The van der Waals surface area contributed by atoms with Crippen molar-refractivity contribution in [3.05, 3.63) is 24.1 Å². The van der Waals surface area contributed by atoms with E-state index in [1.165, 1.54) is 0 Å². The smallest absolute Gasteiger partial charge is 0.197 e. The zero-order valence-electron chi connectivity index (χ0n) is 11.4. The second kappa shape index (κ2) is 4.61. The highest BCUT2D eigenvalue weighted by molar-refractivity contribution is 5.79. The molecule has 0 bridgehead atoms. The molecule has 1 heterocycles. The number of fused-ring (bicyclic) bond motifs is 1. The van der Waals surface area contributed by atoms with Gasteiger partial charge in [0.05, 0.1) is 7.11 Å². The van der Waals surface area contributed by atoms with Crippen LogP contribution in [0, 0.1) is 5.41 Å². The number of methoxy groups -OCH3 is 1. The molecule has 0 radical (unpaired) electrons. The molecule has 1 unspecified atom stereocenters. The summed E-state index contributed by atoms with van der Waals surface area (Å²) in [5.41, 5.74) is 7.68. The van der Waals surface area contributed by atoms with Gasteiger partial charge in [-0.1, -0.05) is 26.8 Å². The molecule has 1 aromatic heterocycles. The van der Waals surface area contributed by atoms with E-state index < -0.39 is 0 Å². The van der Waals surface area contributed by atoms with Crippen LogP contribution < -0.4 is 10.5 Å². The molecule has 0 saturated carbocycles. The summed E-state index contributed by atoms with van der Waals surface area (Å²) in [6, 6.07) is 5.66. The van der Waals surface area contributed by atoms with Crippen LogP contribution >= 0.6 is 0 Å². The highest BCUT2D eigenvalue weighted by atomic mass is 16.5. The Morgan fingerprint density at radius 3 is 2.72 bits per heavy atom. The molecule has 1 aromatic carbocycles. The fourth-order valence-corrected chi connectivity index (χ4v) is 1.72. The largest absolute Gasteiger partial charge is 0.494 e. The minimum Gasteiger partial charge on any atom is -0.494 e. The zero-order chi connectivity index (χ0) is 13.3. The summed E-state index contributed by atoms with van der Waals surface area (Å²) in [4.78, 5) is 4.47. The standard InChI is InChI=1S/C14H20N2O2/c1-14(2,3)11(15)8-12-16-13-9(17-4)6-5-7-10(13)18-12/h5-7,11H,8,15H2,1-4H3. The summed E-state index contributed by atoms with van der Waals surface area (Å²) in [7, 11) is 1.63. The molecule has 0 spiro atoms. The number of para-hydroxylation sites is 1. The van der Waals surface area contributed by atoms with Crippen LogP contribution in [0.15, 0.2) is 22.6 Å². The molecule has 0 aliphatic heterocycles. The van der Waals surface area contributed by atoms with Crippen LogP contribution in [0.25, 0.3) is 11.1 Å². The van der Waals surface area contributed by atoms with Crippen LogP contribution in [0.4, 0.5) is 0 Å². The van der Waals surface area contributed by atoms with Crippen molar-refractivity contribution < 1.29 is 9.15 Å². The van der Waals surface area contributed by atoms with E-state index in [-0.39, 0.29) is 11.5 Å². The highest BCUT2D eigenvalue weighted by Gasteiger charge is 2.23. The zero-order valence-corrected chi connectivity index (χ0v) is 11.4. The normalized spacial score (nSPS) is 13.8. The quantitative estimate of drug-likeness (QED) is 0.907. The number of oxazole rings is 1. The van der Waals surface area contributed by atoms with Crippen LogP contribution in [-0.2, 0) is 6.42 Å². The third-order valence-electron chi connectivity index (χ3n) is 3.15. The number of ether oxygens (including phenoxy) is 1. The van der Waals surface area contributed by atoms with Crippen LogP contribution in [0.2, 0.25) is 0 Å². The van der Waals surface area contributed by atoms with Gasteiger partial charge in [0.15, 0.2) is 17.0 Å². The first-order valence-electron chi connectivity index (χ1n) is 6.10. The number of nitrogens with two attached hydrogens (primary N) is 1. The molecule has 2 aromatic rings. The van der Waals surface area contributed by atoms with Gasteiger partial charge in [-0.25, -0.2) is 4.98 Å². The van der Waals surface area contributed by atoms with Crippen molar-refractivity contribution in [1.82, 2.24) is 4.98 Å². The maximum absolute atomic E-state index is 6.14. The average molecular weight is 248 g/mol. The summed E-state index contributed by atoms with van der Waals surface area (Å²) in [5.74, 6) is 1.39. The summed E-state index contributed by atoms with van der Waals surface area (Å²) in [6.07, 6.45) is 0.626. The van der Waals surface area contributed by atoms with E-state index in [9.17, 15) is 0 Å². The summed E-state index contributed by atoms with van der Waals surface area (Å²) >= 11 is 0. The first-order chi connectivity index (χ1) is 8.41. The SMILES string of the molecule is COc1cccc2oc(CC(N)C(C)(C)C)nc12. The maximum atomic E-state index is 6.14. The fourth-order valence-electron chi connectivity index (χ4n) is 1.72. The Bertz CT molecular complexity index is 540. The molecule has 18 heavy (non-hydrogen) atoms. The molecule has 0 aliphatic rings. The summed E-state index contributed by atoms with van der Waals surface area (Å²) < 4.78 is 11.0. The van der Waals surface area contributed by atoms with Gasteiger partial charge in [0.2, 0.25) is 0 Å². The second-order valence-corrected chi connectivity index (χ2v) is 5.59. The van der Waals surface area contributed by atoms with Crippen LogP contribution in [0.5, 0.6) is 5.75 Å². The van der Waals surface area contributed by atoms with Gasteiger partial charge >= 0.3 is 0 Å². The molecule has 0 saturated heterocycles. The van der Waals surface area contributed by atoms with Gasteiger partial charge in [0.1, 0.15) is 5.75 Å². The van der Waals surface area contributed by atoms with Crippen molar-refractivity contribution in [3.8, 4) is 5.75 Å². The van der Waals surface area contributed by atoms with Crippen LogP contribution in [0.1, 0.15) is 26.7 Å². The van der Waals surface area contributed by atoms with E-state index in [1.54, 1.807) is 7.11 Å². The van der Waals surface area contributed by atoms with E-state index in [2.05, 4.69) is 25.8 Å². The Hall–Kier alpha value is -1.55. The predicted molar refractivity (Wildman–Crippen MR) is 71.7 cm³/mol. The van der Waals surface area contributed by atoms with Crippen LogP contribution in [0.3, 0.4) is 0 Å². The van der Waals surface area contributed by atoms with Crippen molar-refractivity contribution in [3.63, 3.8) is 0 Å². The van der Waals surface area contributed by atoms with Crippen LogP contribution in [-0.4, -0.2) is 18.1 Å². The molecule has 4 nitrogen and oxygen atoms in total. The molecule has 0 aliphatic carbocycles. The Labute approximate surface area is 107 Å². The van der Waals surface area contributed by atoms with Gasteiger partial charge in [-0.15, -0.1) is 0 Å². The van der Waals surface area contributed by atoms with E-state index >= 15 is 0 Å². The molecular weight excluding hydrogens is 228 g/mol.